The van der Waals surface area contributed by atoms with Crippen molar-refractivity contribution in [2.45, 2.75) is 51.7 Å². The first-order chi connectivity index (χ1) is 7.97. The summed E-state index contributed by atoms with van der Waals surface area (Å²) in [5, 5.41) is 0. The number of hydrogen-bond acceptors (Lipinski definition) is 2. The molecule has 94 valence electrons. The van der Waals surface area contributed by atoms with Crippen molar-refractivity contribution in [2.75, 3.05) is 0 Å². The van der Waals surface area contributed by atoms with E-state index in [-0.39, 0.29) is 4.75 Å². The van der Waals surface area contributed by atoms with E-state index in [0.29, 0.717) is 0 Å². The molecule has 0 heterocycles. The van der Waals surface area contributed by atoms with Crippen LogP contribution in [0, 0.1) is 6.92 Å². The van der Waals surface area contributed by atoms with E-state index in [2.05, 4.69) is 56.4 Å². The third-order valence-electron chi connectivity index (χ3n) is 2.32. The first-order valence-electron chi connectivity index (χ1n) is 6.23. The molecule has 0 aliphatic heterocycles. The average molecular weight is 249 g/mol. The Kier molecular flexibility index (Phi) is 5.76. The van der Waals surface area contributed by atoms with Crippen molar-refractivity contribution in [3.8, 4) is 0 Å². The van der Waals surface area contributed by atoms with Gasteiger partial charge in [0.25, 0.3) is 0 Å². The van der Waals surface area contributed by atoms with Gasteiger partial charge in [0.05, 0.1) is 0 Å². The molecule has 1 rings (SSSR count). The third-order valence-corrected chi connectivity index (χ3v) is 3.12. The van der Waals surface area contributed by atoms with E-state index in [9.17, 15) is 0 Å². The fraction of sp³-hybridized carbons (Fsp3) is 0.533. The predicted molar refractivity (Wildman–Crippen MR) is 80.0 cm³/mol. The van der Waals surface area contributed by atoms with Crippen LogP contribution < -0.4 is 0 Å². The molecular weight excluding hydrogens is 226 g/mol. The zero-order valence-corrected chi connectivity index (χ0v) is 12.2. The second-order valence-electron chi connectivity index (χ2n) is 5.37. The van der Waals surface area contributed by atoms with Crippen LogP contribution in [0.4, 0.5) is 0 Å². The van der Waals surface area contributed by atoms with Crippen LogP contribution in [0.3, 0.4) is 0 Å². The van der Waals surface area contributed by atoms with Crippen molar-refractivity contribution in [1.29, 1.82) is 0 Å². The Labute approximate surface area is 110 Å². The number of unbranched alkanes of at least 4 members (excludes halogenated alkanes) is 1. The van der Waals surface area contributed by atoms with Crippen molar-refractivity contribution >= 4 is 18.2 Å². The highest BCUT2D eigenvalue weighted by molar-refractivity contribution is 7.99. The minimum atomic E-state index is 0.230. The number of benzene rings is 1. The molecule has 0 radical (unpaired) electrons. The van der Waals surface area contributed by atoms with Crippen LogP contribution in [0.15, 0.2) is 28.7 Å². The van der Waals surface area contributed by atoms with Crippen molar-refractivity contribution in [3.05, 3.63) is 35.4 Å². The van der Waals surface area contributed by atoms with Gasteiger partial charge < -0.3 is 0 Å². The molecule has 0 N–H and O–H groups in total. The summed E-state index contributed by atoms with van der Waals surface area (Å²) in [5.41, 5.74) is 2.75. The monoisotopic (exact) mass is 249 g/mol. The van der Waals surface area contributed by atoms with Gasteiger partial charge in [-0.25, -0.2) is 4.40 Å². The average Bonchev–Trinajstić information content (AvgIpc) is 2.24. The summed E-state index contributed by atoms with van der Waals surface area (Å²) in [4.78, 5) is 0. The number of aryl methyl sites for hydroxylation is 2. The van der Waals surface area contributed by atoms with Crippen LogP contribution in [-0.4, -0.2) is 11.0 Å². The fourth-order valence-electron chi connectivity index (χ4n) is 1.40. The Morgan fingerprint density at radius 3 is 2.41 bits per heavy atom. The van der Waals surface area contributed by atoms with E-state index in [1.54, 1.807) is 11.9 Å². The normalized spacial score (nSPS) is 12.2. The molecule has 1 aromatic carbocycles. The van der Waals surface area contributed by atoms with Crippen LogP contribution in [0.25, 0.3) is 0 Å². The summed E-state index contributed by atoms with van der Waals surface area (Å²) >= 11 is 1.65. The van der Waals surface area contributed by atoms with Gasteiger partial charge in [-0.3, -0.25) is 0 Å². The molecule has 0 aromatic heterocycles. The van der Waals surface area contributed by atoms with Crippen molar-refractivity contribution in [2.24, 2.45) is 4.40 Å². The Hall–Kier alpha value is -0.760. The van der Waals surface area contributed by atoms with Crippen LogP contribution in [-0.2, 0) is 6.42 Å². The quantitative estimate of drug-likeness (QED) is 0.413. The van der Waals surface area contributed by atoms with E-state index in [0.717, 1.165) is 12.8 Å². The van der Waals surface area contributed by atoms with Gasteiger partial charge in [0.15, 0.2) is 0 Å². The molecule has 17 heavy (non-hydrogen) atoms. The molecule has 0 aliphatic rings. The zero-order chi connectivity index (χ0) is 12.7. The SMILES string of the molecule is Cc1ccc(CCC/C=N/SC(C)(C)C)cc1. The van der Waals surface area contributed by atoms with Gasteiger partial charge in [0.2, 0.25) is 0 Å². The maximum atomic E-state index is 4.38. The molecule has 0 saturated heterocycles. The molecule has 2 heteroatoms. The highest BCUT2D eigenvalue weighted by atomic mass is 32.2. The summed E-state index contributed by atoms with van der Waals surface area (Å²) in [5.74, 6) is 0. The molecule has 0 aliphatic carbocycles. The molecule has 0 amide bonds. The lowest BCUT2D eigenvalue weighted by atomic mass is 10.1. The summed E-state index contributed by atoms with van der Waals surface area (Å²) < 4.78 is 4.61. The van der Waals surface area contributed by atoms with Gasteiger partial charge in [0, 0.05) is 11.0 Å². The van der Waals surface area contributed by atoms with Gasteiger partial charge in [0.1, 0.15) is 0 Å². The Balaban J connectivity index is 2.18. The highest BCUT2D eigenvalue weighted by Crippen LogP contribution is 2.23. The van der Waals surface area contributed by atoms with E-state index in [4.69, 9.17) is 0 Å². The molecule has 0 fully saturated rings. The van der Waals surface area contributed by atoms with Gasteiger partial charge >= 0.3 is 0 Å². The largest absolute Gasteiger partial charge is 0.228 e. The molecule has 0 atom stereocenters. The third kappa shape index (κ3) is 7.22. The smallest absolute Gasteiger partial charge is 0.0294 e. The summed E-state index contributed by atoms with van der Waals surface area (Å²) in [6.45, 7) is 8.67. The van der Waals surface area contributed by atoms with Gasteiger partial charge in [-0.1, -0.05) is 29.8 Å². The molecule has 0 bridgehead atoms. The van der Waals surface area contributed by atoms with E-state index >= 15 is 0 Å². The molecule has 1 aromatic rings. The van der Waals surface area contributed by atoms with Crippen LogP contribution in [0.1, 0.15) is 44.7 Å². The van der Waals surface area contributed by atoms with Crippen LogP contribution in [0.5, 0.6) is 0 Å². The fourth-order valence-corrected chi connectivity index (χ4v) is 1.90. The number of hydrogen-bond donors (Lipinski definition) is 0. The summed E-state index contributed by atoms with van der Waals surface area (Å²) in [6, 6.07) is 8.80. The van der Waals surface area contributed by atoms with Crippen molar-refractivity contribution < 1.29 is 0 Å². The standard InChI is InChI=1S/C15H23NS/c1-13-8-10-14(11-9-13)7-5-6-12-16-17-15(2,3)4/h8-12H,5-7H2,1-4H3/b16-12+. The Morgan fingerprint density at radius 1 is 1.18 bits per heavy atom. The minimum absolute atomic E-state index is 0.230. The van der Waals surface area contributed by atoms with Gasteiger partial charge in [-0.15, -0.1) is 0 Å². The lowest BCUT2D eigenvalue weighted by molar-refractivity contribution is 0.804. The highest BCUT2D eigenvalue weighted by Gasteiger charge is 2.08. The lowest BCUT2D eigenvalue weighted by Crippen LogP contribution is -2.04. The van der Waals surface area contributed by atoms with E-state index < -0.39 is 0 Å². The second-order valence-corrected chi connectivity index (χ2v) is 6.99. The predicted octanol–water partition coefficient (Wildman–Crippen LogP) is 4.84. The summed E-state index contributed by atoms with van der Waals surface area (Å²) in [6.07, 6.45) is 5.44. The zero-order valence-electron chi connectivity index (χ0n) is 11.4. The lowest BCUT2D eigenvalue weighted by Gasteiger charge is -2.12. The van der Waals surface area contributed by atoms with Gasteiger partial charge in [-0.2, -0.15) is 0 Å². The molecule has 0 spiro atoms. The van der Waals surface area contributed by atoms with Crippen LogP contribution in [0.2, 0.25) is 0 Å². The first kappa shape index (κ1) is 14.3. The van der Waals surface area contributed by atoms with Gasteiger partial charge in [-0.05, 0) is 64.5 Å². The molecule has 1 nitrogen and oxygen atoms in total. The summed E-state index contributed by atoms with van der Waals surface area (Å²) in [7, 11) is 0. The van der Waals surface area contributed by atoms with Crippen molar-refractivity contribution in [3.63, 3.8) is 0 Å². The Morgan fingerprint density at radius 2 is 1.82 bits per heavy atom. The Bertz CT molecular complexity index is 346. The molecule has 0 unspecified atom stereocenters. The van der Waals surface area contributed by atoms with E-state index in [1.807, 2.05) is 6.21 Å². The molecular formula is C15H23NS. The maximum Gasteiger partial charge on any atom is 0.0294 e. The number of nitrogens with zero attached hydrogens (tertiary/aromatic N) is 1. The topological polar surface area (TPSA) is 12.4 Å². The minimum Gasteiger partial charge on any atom is -0.228 e. The number of rotatable bonds is 5. The van der Waals surface area contributed by atoms with E-state index in [1.165, 1.54) is 17.5 Å². The first-order valence-corrected chi connectivity index (χ1v) is 7.00. The maximum absolute atomic E-state index is 4.38. The van der Waals surface area contributed by atoms with Crippen LogP contribution >= 0.6 is 11.9 Å². The van der Waals surface area contributed by atoms with Crippen molar-refractivity contribution in [1.82, 2.24) is 0 Å². The second kappa shape index (κ2) is 6.85. The molecule has 0 saturated carbocycles.